The Morgan fingerprint density at radius 2 is 1.74 bits per heavy atom. The molecular formula is C31H39N3O. The van der Waals surface area contributed by atoms with E-state index < -0.39 is 0 Å². The van der Waals surface area contributed by atoms with E-state index in [1.807, 2.05) is 36.4 Å². The molecule has 4 heteroatoms. The lowest BCUT2D eigenvalue weighted by atomic mass is 9.66. The number of carbonyl (C=O) groups excluding carboxylic acids is 1. The molecule has 5 rings (SSSR count). The highest BCUT2D eigenvalue weighted by molar-refractivity contribution is 5.93. The Hall–Kier alpha value is -2.85. The summed E-state index contributed by atoms with van der Waals surface area (Å²) in [5.41, 5.74) is 4.92. The SMILES string of the molecule is CCCCC1(N(C)C)CCC2(CC1)c1[nH]c3ccccc3c1CCN2C(=O)C=Cc1ccccc1. The molecule has 1 saturated carbocycles. The third-order valence-corrected chi connectivity index (χ3v) is 8.82. The summed E-state index contributed by atoms with van der Waals surface area (Å²) in [5.74, 6) is 0.129. The first-order valence-corrected chi connectivity index (χ1v) is 13.3. The highest BCUT2D eigenvalue weighted by atomic mass is 16.2. The van der Waals surface area contributed by atoms with Crippen LogP contribution in [0.1, 0.15) is 68.7 Å². The van der Waals surface area contributed by atoms with Crippen molar-refractivity contribution in [1.29, 1.82) is 0 Å². The molecule has 0 atom stereocenters. The number of nitrogens with zero attached hydrogens (tertiary/aromatic N) is 2. The molecule has 184 valence electrons. The first-order chi connectivity index (χ1) is 17.0. The number of hydrogen-bond donors (Lipinski definition) is 1. The van der Waals surface area contributed by atoms with Crippen LogP contribution in [0.2, 0.25) is 0 Å². The van der Waals surface area contributed by atoms with Gasteiger partial charge in [-0.3, -0.25) is 4.79 Å². The lowest BCUT2D eigenvalue weighted by Gasteiger charge is -2.55. The molecule has 1 aliphatic carbocycles. The minimum atomic E-state index is -0.267. The van der Waals surface area contributed by atoms with E-state index in [9.17, 15) is 4.79 Å². The molecule has 4 nitrogen and oxygen atoms in total. The van der Waals surface area contributed by atoms with Crippen LogP contribution in [0.4, 0.5) is 0 Å². The van der Waals surface area contributed by atoms with Gasteiger partial charge in [0.2, 0.25) is 5.91 Å². The molecule has 0 saturated heterocycles. The number of aromatic amines is 1. The van der Waals surface area contributed by atoms with Crippen LogP contribution in [0.3, 0.4) is 0 Å². The smallest absolute Gasteiger partial charge is 0.247 e. The number of rotatable bonds is 6. The van der Waals surface area contributed by atoms with Crippen molar-refractivity contribution in [2.75, 3.05) is 20.6 Å². The summed E-state index contributed by atoms with van der Waals surface area (Å²) in [4.78, 5) is 22.2. The molecule has 3 aromatic rings. The summed E-state index contributed by atoms with van der Waals surface area (Å²) in [7, 11) is 4.49. The van der Waals surface area contributed by atoms with Crippen molar-refractivity contribution in [3.05, 3.63) is 77.5 Å². The highest BCUT2D eigenvalue weighted by Crippen LogP contribution is 2.52. The molecule has 1 aromatic heterocycles. The van der Waals surface area contributed by atoms with Crippen molar-refractivity contribution >= 4 is 22.9 Å². The lowest BCUT2D eigenvalue weighted by molar-refractivity contribution is -0.137. The van der Waals surface area contributed by atoms with Gasteiger partial charge in [-0.05, 0) is 75.9 Å². The van der Waals surface area contributed by atoms with E-state index >= 15 is 0 Å². The summed E-state index contributed by atoms with van der Waals surface area (Å²) in [6.07, 6.45) is 12.6. The van der Waals surface area contributed by atoms with E-state index in [1.165, 1.54) is 41.4 Å². The predicted molar refractivity (Wildman–Crippen MR) is 145 cm³/mol. The van der Waals surface area contributed by atoms with Crippen LogP contribution >= 0.6 is 0 Å². The zero-order chi connectivity index (χ0) is 24.5. The summed E-state index contributed by atoms with van der Waals surface area (Å²) in [5, 5.41) is 1.32. The van der Waals surface area contributed by atoms with Gasteiger partial charge in [0.05, 0.1) is 5.54 Å². The fourth-order valence-electron chi connectivity index (χ4n) is 6.65. The van der Waals surface area contributed by atoms with E-state index in [1.54, 1.807) is 6.08 Å². The third kappa shape index (κ3) is 4.23. The fraction of sp³-hybridized carbons (Fsp3) is 0.452. The largest absolute Gasteiger partial charge is 0.356 e. The zero-order valence-electron chi connectivity index (χ0n) is 21.5. The lowest BCUT2D eigenvalue weighted by Crippen LogP contribution is -2.59. The molecule has 0 unspecified atom stereocenters. The number of H-pyrrole nitrogens is 1. The summed E-state index contributed by atoms with van der Waals surface area (Å²) >= 11 is 0. The van der Waals surface area contributed by atoms with E-state index in [0.717, 1.165) is 44.2 Å². The molecule has 2 aromatic carbocycles. The predicted octanol–water partition coefficient (Wildman–Crippen LogP) is 6.53. The van der Waals surface area contributed by atoms with Crippen LogP contribution in [-0.2, 0) is 16.8 Å². The van der Waals surface area contributed by atoms with E-state index in [0.29, 0.717) is 0 Å². The molecular weight excluding hydrogens is 430 g/mol. The van der Waals surface area contributed by atoms with Crippen molar-refractivity contribution < 1.29 is 4.79 Å². The average molecular weight is 470 g/mol. The molecule has 1 spiro atoms. The third-order valence-electron chi connectivity index (χ3n) is 8.82. The monoisotopic (exact) mass is 469 g/mol. The van der Waals surface area contributed by atoms with Gasteiger partial charge in [-0.2, -0.15) is 0 Å². The van der Waals surface area contributed by atoms with Gasteiger partial charge in [-0.15, -0.1) is 0 Å². The summed E-state index contributed by atoms with van der Waals surface area (Å²) in [6, 6.07) is 18.8. The topological polar surface area (TPSA) is 39.3 Å². The average Bonchev–Trinajstić information content (AvgIpc) is 3.28. The van der Waals surface area contributed by atoms with Gasteiger partial charge in [0.25, 0.3) is 0 Å². The van der Waals surface area contributed by atoms with E-state index in [2.05, 4.69) is 60.1 Å². The Kier molecular flexibility index (Phi) is 6.59. The molecule has 2 heterocycles. The number of para-hydroxylation sites is 1. The van der Waals surface area contributed by atoms with Gasteiger partial charge in [0.15, 0.2) is 0 Å². The first kappa shape index (κ1) is 23.9. The number of benzene rings is 2. The Morgan fingerprint density at radius 3 is 2.46 bits per heavy atom. The fourth-order valence-corrected chi connectivity index (χ4v) is 6.65. The van der Waals surface area contributed by atoms with Gasteiger partial charge in [0, 0.05) is 34.8 Å². The van der Waals surface area contributed by atoms with Crippen LogP contribution in [0.15, 0.2) is 60.7 Å². The van der Waals surface area contributed by atoms with Crippen LogP contribution in [0, 0.1) is 0 Å². The maximum absolute atomic E-state index is 13.8. The molecule has 0 bridgehead atoms. The van der Waals surface area contributed by atoms with E-state index in [4.69, 9.17) is 0 Å². The van der Waals surface area contributed by atoms with Crippen molar-refractivity contribution in [3.63, 3.8) is 0 Å². The minimum absolute atomic E-state index is 0.129. The molecule has 1 aliphatic heterocycles. The number of carbonyl (C=O) groups is 1. The second kappa shape index (κ2) is 9.66. The maximum atomic E-state index is 13.8. The van der Waals surface area contributed by atoms with Crippen molar-refractivity contribution in [2.24, 2.45) is 0 Å². The number of nitrogens with one attached hydrogen (secondary N) is 1. The Balaban J connectivity index is 1.53. The van der Waals surface area contributed by atoms with Crippen LogP contribution in [-0.4, -0.2) is 46.9 Å². The Labute approximate surface area is 210 Å². The van der Waals surface area contributed by atoms with Gasteiger partial charge in [-0.25, -0.2) is 0 Å². The zero-order valence-corrected chi connectivity index (χ0v) is 21.5. The van der Waals surface area contributed by atoms with Crippen molar-refractivity contribution in [2.45, 2.75) is 69.4 Å². The summed E-state index contributed by atoms with van der Waals surface area (Å²) in [6.45, 7) is 3.06. The number of unbranched alkanes of at least 4 members (excludes halogenated alkanes) is 1. The standard InChI is InChI=1S/C31H39N3O/c1-4-5-18-30(33(2)3)19-21-31(22-20-30)29-26(25-13-9-10-14-27(25)32-29)17-23-34(31)28(35)16-15-24-11-7-6-8-12-24/h6-16,32H,4-5,17-23H2,1-3H3. The number of amides is 1. The maximum Gasteiger partial charge on any atom is 0.247 e. The van der Waals surface area contributed by atoms with Crippen LogP contribution < -0.4 is 0 Å². The van der Waals surface area contributed by atoms with Crippen molar-refractivity contribution in [3.8, 4) is 0 Å². The number of fused-ring (bicyclic) bond motifs is 4. The summed E-state index contributed by atoms with van der Waals surface area (Å²) < 4.78 is 0. The molecule has 0 radical (unpaired) electrons. The quantitative estimate of drug-likeness (QED) is 0.417. The first-order valence-electron chi connectivity index (χ1n) is 13.3. The van der Waals surface area contributed by atoms with Gasteiger partial charge < -0.3 is 14.8 Å². The number of aromatic nitrogens is 1. The molecule has 1 fully saturated rings. The molecule has 1 amide bonds. The highest BCUT2D eigenvalue weighted by Gasteiger charge is 2.51. The van der Waals surface area contributed by atoms with Gasteiger partial charge in [-0.1, -0.05) is 68.3 Å². The Bertz CT molecular complexity index is 1200. The normalized spacial score (nSPS) is 24.5. The van der Waals surface area contributed by atoms with E-state index in [-0.39, 0.29) is 17.0 Å². The van der Waals surface area contributed by atoms with Crippen LogP contribution in [0.25, 0.3) is 17.0 Å². The van der Waals surface area contributed by atoms with Gasteiger partial charge >= 0.3 is 0 Å². The Morgan fingerprint density at radius 1 is 1.03 bits per heavy atom. The van der Waals surface area contributed by atoms with Gasteiger partial charge in [0.1, 0.15) is 0 Å². The minimum Gasteiger partial charge on any atom is -0.356 e. The molecule has 35 heavy (non-hydrogen) atoms. The van der Waals surface area contributed by atoms with Crippen LogP contribution in [0.5, 0.6) is 0 Å². The number of hydrogen-bond acceptors (Lipinski definition) is 2. The molecule has 1 N–H and O–H groups in total. The molecule has 2 aliphatic rings. The second-order valence-corrected chi connectivity index (χ2v) is 10.8. The van der Waals surface area contributed by atoms with Crippen molar-refractivity contribution in [1.82, 2.24) is 14.8 Å². The second-order valence-electron chi connectivity index (χ2n) is 10.8.